The van der Waals surface area contributed by atoms with Crippen molar-refractivity contribution in [2.75, 3.05) is 12.3 Å². The van der Waals surface area contributed by atoms with E-state index in [2.05, 4.69) is 20.8 Å². The maximum absolute atomic E-state index is 12.1. The van der Waals surface area contributed by atoms with E-state index in [1.807, 2.05) is 55.6 Å². The first-order valence-corrected chi connectivity index (χ1v) is 10.3. The highest BCUT2D eigenvalue weighted by Crippen LogP contribution is 2.15. The third kappa shape index (κ3) is 6.18. The van der Waals surface area contributed by atoms with Gasteiger partial charge in [-0.05, 0) is 24.1 Å². The van der Waals surface area contributed by atoms with Crippen molar-refractivity contribution < 1.29 is 9.59 Å². The van der Waals surface area contributed by atoms with Gasteiger partial charge in [0, 0.05) is 19.2 Å². The van der Waals surface area contributed by atoms with Gasteiger partial charge in [0.05, 0.1) is 12.3 Å². The molecule has 2 amide bonds. The number of carbonyl (C=O) groups is 2. The van der Waals surface area contributed by atoms with Crippen LogP contribution in [0.4, 0.5) is 0 Å². The molecule has 0 spiro atoms. The van der Waals surface area contributed by atoms with Gasteiger partial charge < -0.3 is 15.2 Å². The standard InChI is InChI=1S/C21H23N5O2S/c1-26-18(14-23-20(28)17-10-6-3-7-11-17)24-25-21(26)29-15-19(27)22-13-12-16-8-4-2-5-9-16/h2-11H,12-15H2,1H3,(H,22,27)(H,23,28). The summed E-state index contributed by atoms with van der Waals surface area (Å²) in [6.07, 6.45) is 0.798. The number of hydrogen-bond acceptors (Lipinski definition) is 5. The fourth-order valence-corrected chi connectivity index (χ4v) is 3.41. The summed E-state index contributed by atoms with van der Waals surface area (Å²) < 4.78 is 1.78. The number of carbonyl (C=O) groups excluding carboxylic acids is 2. The summed E-state index contributed by atoms with van der Waals surface area (Å²) in [4.78, 5) is 24.2. The molecule has 29 heavy (non-hydrogen) atoms. The number of thioether (sulfide) groups is 1. The predicted molar refractivity (Wildman–Crippen MR) is 112 cm³/mol. The third-order valence-corrected chi connectivity index (χ3v) is 5.30. The highest BCUT2D eigenvalue weighted by Gasteiger charge is 2.13. The zero-order valence-corrected chi connectivity index (χ0v) is 17.0. The van der Waals surface area contributed by atoms with E-state index < -0.39 is 0 Å². The lowest BCUT2D eigenvalue weighted by molar-refractivity contribution is -0.118. The molecule has 3 aromatic rings. The van der Waals surface area contributed by atoms with Crippen molar-refractivity contribution >= 4 is 23.6 Å². The molecule has 0 saturated heterocycles. The van der Waals surface area contributed by atoms with Gasteiger partial charge in [0.2, 0.25) is 5.91 Å². The van der Waals surface area contributed by atoms with Gasteiger partial charge >= 0.3 is 0 Å². The maximum atomic E-state index is 12.1. The Bertz CT molecular complexity index is 944. The number of rotatable bonds is 9. The first-order chi connectivity index (χ1) is 14.1. The van der Waals surface area contributed by atoms with E-state index in [0.717, 1.165) is 6.42 Å². The molecule has 0 aliphatic heterocycles. The van der Waals surface area contributed by atoms with Crippen molar-refractivity contribution in [2.45, 2.75) is 18.1 Å². The summed E-state index contributed by atoms with van der Waals surface area (Å²) in [7, 11) is 1.82. The zero-order chi connectivity index (χ0) is 20.5. The van der Waals surface area contributed by atoms with Crippen LogP contribution in [-0.4, -0.2) is 38.9 Å². The fraction of sp³-hybridized carbons (Fsp3) is 0.238. The average Bonchev–Trinajstić information content (AvgIpc) is 3.11. The summed E-state index contributed by atoms with van der Waals surface area (Å²) in [5, 5.41) is 14.6. The molecule has 7 nitrogen and oxygen atoms in total. The number of nitrogens with one attached hydrogen (secondary N) is 2. The Morgan fingerprint density at radius 1 is 0.966 bits per heavy atom. The Kier molecular flexibility index (Phi) is 7.40. The van der Waals surface area contributed by atoms with Crippen molar-refractivity contribution in [1.82, 2.24) is 25.4 Å². The summed E-state index contributed by atoms with van der Waals surface area (Å²) in [5.74, 6) is 0.673. The van der Waals surface area contributed by atoms with Crippen LogP contribution in [0.25, 0.3) is 0 Å². The van der Waals surface area contributed by atoms with Gasteiger partial charge in [-0.2, -0.15) is 0 Å². The van der Waals surface area contributed by atoms with E-state index in [0.29, 0.717) is 23.1 Å². The molecule has 0 aliphatic rings. The van der Waals surface area contributed by atoms with Crippen LogP contribution in [0.2, 0.25) is 0 Å². The molecule has 8 heteroatoms. The summed E-state index contributed by atoms with van der Waals surface area (Å²) in [6.45, 7) is 0.861. The monoisotopic (exact) mass is 409 g/mol. The third-order valence-electron chi connectivity index (χ3n) is 4.28. The first-order valence-electron chi connectivity index (χ1n) is 9.28. The van der Waals surface area contributed by atoms with E-state index in [-0.39, 0.29) is 24.1 Å². The molecular formula is C21H23N5O2S. The Morgan fingerprint density at radius 2 is 1.66 bits per heavy atom. The van der Waals surface area contributed by atoms with Crippen molar-refractivity contribution in [1.29, 1.82) is 0 Å². The molecule has 0 bridgehead atoms. The minimum absolute atomic E-state index is 0.0483. The lowest BCUT2D eigenvalue weighted by atomic mass is 10.1. The van der Waals surface area contributed by atoms with Crippen LogP contribution >= 0.6 is 11.8 Å². The SMILES string of the molecule is Cn1c(CNC(=O)c2ccccc2)nnc1SCC(=O)NCCc1ccccc1. The predicted octanol–water partition coefficient (Wildman–Crippen LogP) is 2.20. The number of hydrogen-bond donors (Lipinski definition) is 2. The quantitative estimate of drug-likeness (QED) is 0.529. The minimum atomic E-state index is -0.166. The second kappa shape index (κ2) is 10.4. The highest BCUT2D eigenvalue weighted by molar-refractivity contribution is 7.99. The fourth-order valence-electron chi connectivity index (χ4n) is 2.65. The second-order valence-electron chi connectivity index (χ2n) is 6.38. The van der Waals surface area contributed by atoms with Crippen LogP contribution in [0, 0.1) is 0 Å². The average molecular weight is 410 g/mol. The van der Waals surface area contributed by atoms with Gasteiger partial charge in [-0.25, -0.2) is 0 Å². The van der Waals surface area contributed by atoms with Gasteiger partial charge in [-0.1, -0.05) is 60.3 Å². The number of amides is 2. The Hall–Kier alpha value is -3.13. The molecule has 1 aromatic heterocycles. The molecule has 1 heterocycles. The van der Waals surface area contributed by atoms with Gasteiger partial charge in [-0.3, -0.25) is 9.59 Å². The van der Waals surface area contributed by atoms with Crippen LogP contribution < -0.4 is 10.6 Å². The van der Waals surface area contributed by atoms with Crippen LogP contribution in [0.15, 0.2) is 65.8 Å². The normalized spacial score (nSPS) is 10.5. The largest absolute Gasteiger partial charge is 0.355 e. The Morgan fingerprint density at radius 3 is 2.38 bits per heavy atom. The Balaban J connectivity index is 1.42. The summed E-state index contributed by atoms with van der Waals surface area (Å²) in [5.41, 5.74) is 1.78. The maximum Gasteiger partial charge on any atom is 0.251 e. The smallest absolute Gasteiger partial charge is 0.251 e. The van der Waals surface area contributed by atoms with E-state index in [4.69, 9.17) is 0 Å². The van der Waals surface area contributed by atoms with Gasteiger partial charge in [0.1, 0.15) is 0 Å². The molecule has 0 unspecified atom stereocenters. The van der Waals surface area contributed by atoms with Crippen molar-refractivity contribution in [2.24, 2.45) is 7.05 Å². The molecular weight excluding hydrogens is 386 g/mol. The summed E-state index contributed by atoms with van der Waals surface area (Å²) in [6, 6.07) is 19.0. The molecule has 2 N–H and O–H groups in total. The number of nitrogens with zero attached hydrogens (tertiary/aromatic N) is 3. The zero-order valence-electron chi connectivity index (χ0n) is 16.2. The van der Waals surface area contributed by atoms with Crippen molar-refractivity contribution in [3.63, 3.8) is 0 Å². The highest BCUT2D eigenvalue weighted by atomic mass is 32.2. The molecule has 0 aliphatic carbocycles. The van der Waals surface area contributed by atoms with E-state index in [9.17, 15) is 9.59 Å². The second-order valence-corrected chi connectivity index (χ2v) is 7.32. The molecule has 150 valence electrons. The molecule has 0 fully saturated rings. The van der Waals surface area contributed by atoms with Gasteiger partial charge in [0.15, 0.2) is 11.0 Å². The lowest BCUT2D eigenvalue weighted by Crippen LogP contribution is -2.27. The molecule has 2 aromatic carbocycles. The molecule has 0 saturated carbocycles. The van der Waals surface area contributed by atoms with Crippen molar-refractivity contribution in [3.8, 4) is 0 Å². The Labute approximate surface area is 173 Å². The molecule has 0 radical (unpaired) electrons. The van der Waals surface area contributed by atoms with E-state index in [1.165, 1.54) is 17.3 Å². The summed E-state index contributed by atoms with van der Waals surface area (Å²) >= 11 is 1.32. The molecule has 3 rings (SSSR count). The van der Waals surface area contributed by atoms with E-state index >= 15 is 0 Å². The lowest BCUT2D eigenvalue weighted by Gasteiger charge is -2.07. The number of aromatic nitrogens is 3. The van der Waals surface area contributed by atoms with Gasteiger partial charge in [-0.15, -0.1) is 10.2 Å². The van der Waals surface area contributed by atoms with Crippen LogP contribution in [0.3, 0.4) is 0 Å². The van der Waals surface area contributed by atoms with Crippen LogP contribution in [0.1, 0.15) is 21.7 Å². The topological polar surface area (TPSA) is 88.9 Å². The van der Waals surface area contributed by atoms with Crippen LogP contribution in [-0.2, 0) is 24.8 Å². The first kappa shape index (κ1) is 20.6. The van der Waals surface area contributed by atoms with Gasteiger partial charge in [0.25, 0.3) is 5.91 Å². The van der Waals surface area contributed by atoms with Crippen molar-refractivity contribution in [3.05, 3.63) is 77.6 Å². The molecule has 0 atom stereocenters. The number of benzene rings is 2. The minimum Gasteiger partial charge on any atom is -0.355 e. The van der Waals surface area contributed by atoms with Crippen LogP contribution in [0.5, 0.6) is 0 Å². The van der Waals surface area contributed by atoms with E-state index in [1.54, 1.807) is 16.7 Å².